The second-order valence-electron chi connectivity index (χ2n) is 4.71. The summed E-state index contributed by atoms with van der Waals surface area (Å²) >= 11 is 11.9. The lowest BCUT2D eigenvalue weighted by Gasteiger charge is -2.20. The van der Waals surface area contributed by atoms with Crippen molar-refractivity contribution in [3.8, 4) is 11.5 Å². The van der Waals surface area contributed by atoms with Gasteiger partial charge in [0.15, 0.2) is 5.82 Å². The van der Waals surface area contributed by atoms with Gasteiger partial charge in [-0.25, -0.2) is 0 Å². The van der Waals surface area contributed by atoms with Crippen LogP contribution in [0.5, 0.6) is 0 Å². The van der Waals surface area contributed by atoms with Crippen molar-refractivity contribution in [1.82, 2.24) is 15.0 Å². The lowest BCUT2D eigenvalue weighted by atomic mass is 10.2. The molecule has 0 saturated heterocycles. The van der Waals surface area contributed by atoms with Crippen LogP contribution in [0.4, 0.5) is 0 Å². The predicted octanol–water partition coefficient (Wildman–Crippen LogP) is 3.39. The smallest absolute Gasteiger partial charge is 0.258 e. The summed E-state index contributed by atoms with van der Waals surface area (Å²) in [5.41, 5.74) is 6.80. The molecular weight excluding hydrogens is 311 g/mol. The molecule has 21 heavy (non-hydrogen) atoms. The molecule has 0 aliphatic rings. The monoisotopic (exact) mass is 328 g/mol. The summed E-state index contributed by atoms with van der Waals surface area (Å²) in [6.45, 7) is 6.72. The Morgan fingerprint density at radius 3 is 2.38 bits per heavy atom. The molecular formula is C14H18Cl2N4O. The minimum absolute atomic E-state index is 0.294. The quantitative estimate of drug-likeness (QED) is 0.880. The van der Waals surface area contributed by atoms with E-state index >= 15 is 0 Å². The molecule has 0 aliphatic heterocycles. The molecule has 0 radical (unpaired) electrons. The molecule has 2 aromatic rings. The third-order valence-electron chi connectivity index (χ3n) is 3.23. The van der Waals surface area contributed by atoms with E-state index in [4.69, 9.17) is 33.5 Å². The van der Waals surface area contributed by atoms with Crippen molar-refractivity contribution in [3.63, 3.8) is 0 Å². The maximum Gasteiger partial charge on any atom is 0.258 e. The van der Waals surface area contributed by atoms with Gasteiger partial charge in [-0.2, -0.15) is 4.98 Å². The molecule has 0 amide bonds. The standard InChI is InChI=1S/C14H18Cl2N4O/c1-3-20(4-2)8-12(17)13-18-14(21-19-13)9-5-10(15)7-11(16)6-9/h5-7,12H,3-4,8,17H2,1-2H3. The SMILES string of the molecule is CCN(CC)CC(N)c1noc(-c2cc(Cl)cc(Cl)c2)n1. The van der Waals surface area contributed by atoms with E-state index in [1.165, 1.54) is 0 Å². The van der Waals surface area contributed by atoms with Crippen LogP contribution < -0.4 is 5.73 Å². The molecule has 2 rings (SSSR count). The number of benzene rings is 1. The Balaban J connectivity index is 2.17. The number of rotatable bonds is 6. The molecule has 2 N–H and O–H groups in total. The number of hydrogen-bond donors (Lipinski definition) is 1. The average molecular weight is 329 g/mol. The number of nitrogens with two attached hydrogens (primary N) is 1. The van der Waals surface area contributed by atoms with E-state index in [-0.39, 0.29) is 6.04 Å². The Bertz CT molecular complexity index is 578. The fourth-order valence-electron chi connectivity index (χ4n) is 2.02. The molecule has 7 heteroatoms. The van der Waals surface area contributed by atoms with Crippen LogP contribution in [0.25, 0.3) is 11.5 Å². The first kappa shape index (κ1) is 16.2. The molecule has 1 unspecified atom stereocenters. The van der Waals surface area contributed by atoms with Crippen LogP contribution in [0, 0.1) is 0 Å². The summed E-state index contributed by atoms with van der Waals surface area (Å²) in [7, 11) is 0. The summed E-state index contributed by atoms with van der Waals surface area (Å²) in [4.78, 5) is 6.54. The van der Waals surface area contributed by atoms with Gasteiger partial charge < -0.3 is 15.2 Å². The van der Waals surface area contributed by atoms with E-state index in [1.54, 1.807) is 18.2 Å². The molecule has 0 saturated carbocycles. The highest BCUT2D eigenvalue weighted by atomic mass is 35.5. The van der Waals surface area contributed by atoms with Gasteiger partial charge in [-0.05, 0) is 31.3 Å². The second kappa shape index (κ2) is 7.22. The predicted molar refractivity (Wildman–Crippen MR) is 84.5 cm³/mol. The second-order valence-corrected chi connectivity index (χ2v) is 5.58. The topological polar surface area (TPSA) is 68.2 Å². The molecule has 1 atom stereocenters. The number of halogens is 2. The zero-order valence-corrected chi connectivity index (χ0v) is 13.5. The largest absolute Gasteiger partial charge is 0.334 e. The lowest BCUT2D eigenvalue weighted by Crippen LogP contribution is -2.32. The number of likely N-dealkylation sites (N-methyl/N-ethyl adjacent to an activating group) is 1. The molecule has 0 fully saturated rings. The van der Waals surface area contributed by atoms with Gasteiger partial charge in [0.1, 0.15) is 0 Å². The van der Waals surface area contributed by atoms with Gasteiger partial charge in [0.2, 0.25) is 0 Å². The van der Waals surface area contributed by atoms with Crippen LogP contribution in [-0.2, 0) is 0 Å². The van der Waals surface area contributed by atoms with E-state index in [1.807, 2.05) is 0 Å². The summed E-state index contributed by atoms with van der Waals surface area (Å²) in [5.74, 6) is 0.845. The Morgan fingerprint density at radius 2 is 1.81 bits per heavy atom. The van der Waals surface area contributed by atoms with Crippen LogP contribution in [0.15, 0.2) is 22.7 Å². The number of aromatic nitrogens is 2. The molecule has 0 aliphatic carbocycles. The van der Waals surface area contributed by atoms with Crippen molar-refractivity contribution in [2.24, 2.45) is 5.73 Å². The van der Waals surface area contributed by atoms with Gasteiger partial charge in [0.25, 0.3) is 5.89 Å². The minimum atomic E-state index is -0.294. The first-order chi connectivity index (χ1) is 10.0. The van der Waals surface area contributed by atoms with Gasteiger partial charge in [0.05, 0.1) is 6.04 Å². The van der Waals surface area contributed by atoms with Gasteiger partial charge in [-0.1, -0.05) is 42.2 Å². The summed E-state index contributed by atoms with van der Waals surface area (Å²) in [6, 6.07) is 4.80. The van der Waals surface area contributed by atoms with Gasteiger partial charge in [0, 0.05) is 22.2 Å². The van der Waals surface area contributed by atoms with Crippen molar-refractivity contribution in [1.29, 1.82) is 0 Å². The highest BCUT2D eigenvalue weighted by Gasteiger charge is 2.17. The minimum Gasteiger partial charge on any atom is -0.334 e. The summed E-state index contributed by atoms with van der Waals surface area (Å²) in [6.07, 6.45) is 0. The molecule has 0 bridgehead atoms. The van der Waals surface area contributed by atoms with Crippen LogP contribution in [0.2, 0.25) is 10.0 Å². The molecule has 1 aromatic heterocycles. The zero-order chi connectivity index (χ0) is 15.4. The Kier molecular flexibility index (Phi) is 5.58. The van der Waals surface area contributed by atoms with E-state index in [9.17, 15) is 0 Å². The van der Waals surface area contributed by atoms with Crippen molar-refractivity contribution in [3.05, 3.63) is 34.1 Å². The molecule has 1 aromatic carbocycles. The van der Waals surface area contributed by atoms with Gasteiger partial charge in [-0.15, -0.1) is 0 Å². The zero-order valence-electron chi connectivity index (χ0n) is 12.0. The van der Waals surface area contributed by atoms with Gasteiger partial charge >= 0.3 is 0 Å². The Morgan fingerprint density at radius 1 is 1.19 bits per heavy atom. The highest BCUT2D eigenvalue weighted by Crippen LogP contribution is 2.26. The van der Waals surface area contributed by atoms with Gasteiger partial charge in [-0.3, -0.25) is 0 Å². The van der Waals surface area contributed by atoms with Crippen LogP contribution in [0.3, 0.4) is 0 Å². The first-order valence-corrected chi connectivity index (χ1v) is 7.57. The van der Waals surface area contributed by atoms with Crippen LogP contribution >= 0.6 is 23.2 Å². The van der Waals surface area contributed by atoms with E-state index in [2.05, 4.69) is 28.9 Å². The highest BCUT2D eigenvalue weighted by molar-refractivity contribution is 6.35. The molecule has 1 heterocycles. The maximum atomic E-state index is 6.12. The summed E-state index contributed by atoms with van der Waals surface area (Å²) < 4.78 is 5.25. The van der Waals surface area contributed by atoms with E-state index in [0.29, 0.717) is 33.9 Å². The third kappa shape index (κ3) is 4.17. The Labute approximate surface area is 134 Å². The molecule has 114 valence electrons. The van der Waals surface area contributed by atoms with Crippen LogP contribution in [-0.4, -0.2) is 34.7 Å². The number of nitrogens with zero attached hydrogens (tertiary/aromatic N) is 3. The van der Waals surface area contributed by atoms with E-state index in [0.717, 1.165) is 13.1 Å². The van der Waals surface area contributed by atoms with E-state index < -0.39 is 0 Å². The molecule has 5 nitrogen and oxygen atoms in total. The Hall–Kier alpha value is -1.14. The number of hydrogen-bond acceptors (Lipinski definition) is 5. The lowest BCUT2D eigenvalue weighted by molar-refractivity contribution is 0.278. The fourth-order valence-corrected chi connectivity index (χ4v) is 2.55. The van der Waals surface area contributed by atoms with Crippen molar-refractivity contribution >= 4 is 23.2 Å². The van der Waals surface area contributed by atoms with Crippen molar-refractivity contribution in [2.75, 3.05) is 19.6 Å². The normalized spacial score (nSPS) is 12.9. The summed E-state index contributed by atoms with van der Waals surface area (Å²) in [5, 5.41) is 4.99. The average Bonchev–Trinajstić information content (AvgIpc) is 2.93. The third-order valence-corrected chi connectivity index (χ3v) is 3.67. The van der Waals surface area contributed by atoms with Crippen LogP contribution in [0.1, 0.15) is 25.7 Å². The van der Waals surface area contributed by atoms with Crippen molar-refractivity contribution < 1.29 is 4.52 Å². The molecule has 0 spiro atoms. The first-order valence-electron chi connectivity index (χ1n) is 6.81. The van der Waals surface area contributed by atoms with Crippen molar-refractivity contribution in [2.45, 2.75) is 19.9 Å². The maximum absolute atomic E-state index is 6.12. The fraction of sp³-hybridized carbons (Fsp3) is 0.429.